The van der Waals surface area contributed by atoms with Gasteiger partial charge in [0.2, 0.25) is 0 Å². The Kier molecular flexibility index (Phi) is 7.21. The first kappa shape index (κ1) is 21.1. The van der Waals surface area contributed by atoms with Crippen molar-refractivity contribution in [3.8, 4) is 0 Å². The molecule has 1 aromatic heterocycles. The molecular weight excluding hydrogens is 387 g/mol. The van der Waals surface area contributed by atoms with E-state index in [0.29, 0.717) is 30.8 Å². The SMILES string of the molecule is C[C@@H](OC(=O)c1ccccc1NCc1ccco1)C(=O)NCCc1ccc(F)cc1. The smallest absolute Gasteiger partial charge is 0.341 e. The third-order valence-corrected chi connectivity index (χ3v) is 4.46. The number of carbonyl (C=O) groups is 2. The van der Waals surface area contributed by atoms with Gasteiger partial charge in [-0.25, -0.2) is 9.18 Å². The molecule has 0 fully saturated rings. The van der Waals surface area contributed by atoms with Gasteiger partial charge in [-0.1, -0.05) is 24.3 Å². The normalized spacial score (nSPS) is 11.5. The molecule has 6 nitrogen and oxygen atoms in total. The Balaban J connectivity index is 1.50. The van der Waals surface area contributed by atoms with Crippen LogP contribution in [0.15, 0.2) is 71.3 Å². The number of nitrogens with one attached hydrogen (secondary N) is 2. The highest BCUT2D eigenvalue weighted by Gasteiger charge is 2.20. The second kappa shape index (κ2) is 10.2. The van der Waals surface area contributed by atoms with Crippen molar-refractivity contribution in [1.29, 1.82) is 0 Å². The maximum absolute atomic E-state index is 12.9. The zero-order chi connectivity index (χ0) is 21.3. The summed E-state index contributed by atoms with van der Waals surface area (Å²) >= 11 is 0. The molecule has 30 heavy (non-hydrogen) atoms. The van der Waals surface area contributed by atoms with Gasteiger partial charge in [-0.3, -0.25) is 4.79 Å². The second-order valence-corrected chi connectivity index (χ2v) is 6.69. The maximum Gasteiger partial charge on any atom is 0.341 e. The average molecular weight is 410 g/mol. The van der Waals surface area contributed by atoms with Gasteiger partial charge in [0.15, 0.2) is 6.10 Å². The van der Waals surface area contributed by atoms with E-state index in [1.807, 2.05) is 6.07 Å². The van der Waals surface area contributed by atoms with Gasteiger partial charge in [-0.15, -0.1) is 0 Å². The summed E-state index contributed by atoms with van der Waals surface area (Å²) in [6.45, 7) is 2.29. The van der Waals surface area contributed by atoms with Crippen molar-refractivity contribution in [1.82, 2.24) is 5.32 Å². The second-order valence-electron chi connectivity index (χ2n) is 6.69. The van der Waals surface area contributed by atoms with Crippen LogP contribution < -0.4 is 10.6 Å². The molecule has 0 aliphatic heterocycles. The van der Waals surface area contributed by atoms with Crippen LogP contribution in [0.4, 0.5) is 10.1 Å². The summed E-state index contributed by atoms with van der Waals surface area (Å²) in [5, 5.41) is 5.86. The molecular formula is C23H23FN2O4. The van der Waals surface area contributed by atoms with Crippen molar-refractivity contribution in [2.45, 2.75) is 26.0 Å². The molecule has 1 atom stereocenters. The number of anilines is 1. The molecule has 2 aromatic carbocycles. The minimum Gasteiger partial charge on any atom is -0.467 e. The van der Waals surface area contributed by atoms with Crippen LogP contribution >= 0.6 is 0 Å². The average Bonchev–Trinajstić information content (AvgIpc) is 3.27. The largest absolute Gasteiger partial charge is 0.467 e. The number of ether oxygens (including phenoxy) is 1. The third-order valence-electron chi connectivity index (χ3n) is 4.46. The van der Waals surface area contributed by atoms with Crippen LogP contribution in [0.5, 0.6) is 0 Å². The number of hydrogen-bond acceptors (Lipinski definition) is 5. The number of hydrogen-bond donors (Lipinski definition) is 2. The molecule has 0 aliphatic rings. The number of para-hydroxylation sites is 1. The quantitative estimate of drug-likeness (QED) is 0.523. The molecule has 3 aromatic rings. The van der Waals surface area contributed by atoms with Crippen molar-refractivity contribution in [2.24, 2.45) is 0 Å². The van der Waals surface area contributed by atoms with E-state index in [2.05, 4.69) is 10.6 Å². The Morgan fingerprint density at radius 3 is 2.57 bits per heavy atom. The van der Waals surface area contributed by atoms with Gasteiger partial charge >= 0.3 is 5.97 Å². The predicted molar refractivity (Wildman–Crippen MR) is 110 cm³/mol. The Labute approximate surface area is 174 Å². The van der Waals surface area contributed by atoms with Gasteiger partial charge in [0.05, 0.1) is 18.4 Å². The summed E-state index contributed by atoms with van der Waals surface area (Å²) in [6, 6.07) is 16.6. The first-order valence-corrected chi connectivity index (χ1v) is 9.61. The van der Waals surface area contributed by atoms with Crippen LogP contribution in [0.25, 0.3) is 0 Å². The Hall–Kier alpha value is -3.61. The lowest BCUT2D eigenvalue weighted by atomic mass is 10.1. The molecule has 0 saturated carbocycles. The molecule has 0 unspecified atom stereocenters. The highest BCUT2D eigenvalue weighted by Crippen LogP contribution is 2.18. The van der Waals surface area contributed by atoms with Crippen molar-refractivity contribution in [3.63, 3.8) is 0 Å². The fourth-order valence-corrected chi connectivity index (χ4v) is 2.81. The van der Waals surface area contributed by atoms with E-state index < -0.39 is 18.0 Å². The van der Waals surface area contributed by atoms with Crippen LogP contribution in [-0.2, 0) is 22.5 Å². The minimum atomic E-state index is -0.955. The van der Waals surface area contributed by atoms with E-state index in [4.69, 9.17) is 9.15 Å². The van der Waals surface area contributed by atoms with Crippen LogP contribution in [-0.4, -0.2) is 24.5 Å². The number of halogens is 1. The summed E-state index contributed by atoms with van der Waals surface area (Å²) in [7, 11) is 0. The summed E-state index contributed by atoms with van der Waals surface area (Å²) in [4.78, 5) is 24.8. The van der Waals surface area contributed by atoms with E-state index in [0.717, 1.165) is 11.3 Å². The number of benzene rings is 2. The molecule has 0 aliphatic carbocycles. The summed E-state index contributed by atoms with van der Waals surface area (Å²) in [5.74, 6) is -0.570. The number of furan rings is 1. The molecule has 3 rings (SSSR count). The first-order chi connectivity index (χ1) is 14.5. The first-order valence-electron chi connectivity index (χ1n) is 9.61. The minimum absolute atomic E-state index is 0.303. The zero-order valence-electron chi connectivity index (χ0n) is 16.6. The van der Waals surface area contributed by atoms with Gasteiger partial charge in [0.25, 0.3) is 5.91 Å². The Morgan fingerprint density at radius 1 is 1.07 bits per heavy atom. The van der Waals surface area contributed by atoms with Crippen molar-refractivity contribution >= 4 is 17.6 Å². The summed E-state index contributed by atoms with van der Waals surface area (Å²) < 4.78 is 23.5. The molecule has 156 valence electrons. The summed E-state index contributed by atoms with van der Waals surface area (Å²) in [5.41, 5.74) is 1.82. The molecule has 0 radical (unpaired) electrons. The van der Waals surface area contributed by atoms with E-state index in [-0.39, 0.29) is 5.82 Å². The zero-order valence-corrected chi connectivity index (χ0v) is 16.6. The Bertz CT molecular complexity index is 971. The van der Waals surface area contributed by atoms with Crippen LogP contribution in [0.1, 0.15) is 28.6 Å². The molecule has 1 heterocycles. The van der Waals surface area contributed by atoms with Gasteiger partial charge in [-0.05, 0) is 55.3 Å². The van der Waals surface area contributed by atoms with E-state index in [1.165, 1.54) is 19.1 Å². The topological polar surface area (TPSA) is 80.6 Å². The van der Waals surface area contributed by atoms with Crippen LogP contribution in [0, 0.1) is 5.82 Å². The third kappa shape index (κ3) is 5.94. The maximum atomic E-state index is 12.9. The van der Waals surface area contributed by atoms with E-state index in [9.17, 15) is 14.0 Å². The lowest BCUT2D eigenvalue weighted by Crippen LogP contribution is -2.37. The van der Waals surface area contributed by atoms with Crippen LogP contribution in [0.2, 0.25) is 0 Å². The molecule has 0 saturated heterocycles. The molecule has 2 N–H and O–H groups in total. The van der Waals surface area contributed by atoms with E-state index in [1.54, 1.807) is 48.7 Å². The molecule has 1 amide bonds. The highest BCUT2D eigenvalue weighted by atomic mass is 19.1. The fourth-order valence-electron chi connectivity index (χ4n) is 2.81. The molecule has 0 bridgehead atoms. The lowest BCUT2D eigenvalue weighted by Gasteiger charge is -2.15. The van der Waals surface area contributed by atoms with Crippen molar-refractivity contribution in [2.75, 3.05) is 11.9 Å². The van der Waals surface area contributed by atoms with Gasteiger partial charge in [0.1, 0.15) is 11.6 Å². The van der Waals surface area contributed by atoms with Crippen molar-refractivity contribution in [3.05, 3.63) is 89.6 Å². The molecule has 0 spiro atoms. The number of rotatable bonds is 9. The number of amides is 1. The summed E-state index contributed by atoms with van der Waals surface area (Å²) in [6.07, 6.45) is 1.17. The van der Waals surface area contributed by atoms with E-state index >= 15 is 0 Å². The monoisotopic (exact) mass is 410 g/mol. The number of carbonyl (C=O) groups excluding carboxylic acids is 2. The molecule has 7 heteroatoms. The van der Waals surface area contributed by atoms with Gasteiger partial charge in [-0.2, -0.15) is 0 Å². The van der Waals surface area contributed by atoms with Crippen LogP contribution in [0.3, 0.4) is 0 Å². The standard InChI is InChI=1S/C23H23FN2O4/c1-16(22(27)25-13-12-17-8-10-18(24)11-9-17)30-23(28)20-6-2-3-7-21(20)26-15-19-5-4-14-29-19/h2-11,14,16,26H,12-13,15H2,1H3,(H,25,27)/t16-/m1/s1. The van der Waals surface area contributed by atoms with Gasteiger partial charge in [0, 0.05) is 12.2 Å². The Morgan fingerprint density at radius 2 is 1.83 bits per heavy atom. The van der Waals surface area contributed by atoms with Crippen molar-refractivity contribution < 1.29 is 23.1 Å². The highest BCUT2D eigenvalue weighted by molar-refractivity contribution is 5.97. The lowest BCUT2D eigenvalue weighted by molar-refractivity contribution is -0.129. The fraction of sp³-hybridized carbons (Fsp3) is 0.217. The number of esters is 1. The predicted octanol–water partition coefficient (Wildman–Crippen LogP) is 3.94. The van der Waals surface area contributed by atoms with Gasteiger partial charge < -0.3 is 19.8 Å².